The van der Waals surface area contributed by atoms with E-state index < -0.39 is 0 Å². The number of hydrogen-bond acceptors (Lipinski definition) is 5. The number of nitrogens with one attached hydrogen (secondary N) is 1. The Labute approximate surface area is 154 Å². The molecule has 1 aromatic rings. The van der Waals surface area contributed by atoms with Gasteiger partial charge in [0.15, 0.2) is 0 Å². The van der Waals surface area contributed by atoms with Crippen LogP contribution in [0, 0.1) is 5.92 Å². The average Bonchev–Trinajstić information content (AvgIpc) is 3.07. The summed E-state index contributed by atoms with van der Waals surface area (Å²) in [5, 5.41) is 12.1. The minimum atomic E-state index is -0.0782. The lowest BCUT2D eigenvalue weighted by atomic mass is 9.96. The molecule has 7 heteroatoms. The zero-order valence-electron chi connectivity index (χ0n) is 15.4. The first-order chi connectivity index (χ1) is 12.6. The van der Waals surface area contributed by atoms with Gasteiger partial charge < -0.3 is 20.2 Å². The Morgan fingerprint density at radius 2 is 2.12 bits per heavy atom. The molecule has 3 heterocycles. The van der Waals surface area contributed by atoms with Crippen LogP contribution in [0.5, 0.6) is 0 Å². The number of pyridine rings is 1. The van der Waals surface area contributed by atoms with E-state index in [0.717, 1.165) is 45.4 Å². The van der Waals surface area contributed by atoms with E-state index in [1.54, 1.807) is 18.3 Å². The van der Waals surface area contributed by atoms with Gasteiger partial charge in [0.05, 0.1) is 12.2 Å². The van der Waals surface area contributed by atoms with E-state index in [4.69, 9.17) is 5.11 Å². The van der Waals surface area contributed by atoms with Gasteiger partial charge in [-0.15, -0.1) is 0 Å². The van der Waals surface area contributed by atoms with Crippen LogP contribution in [0.3, 0.4) is 0 Å². The third-order valence-corrected chi connectivity index (χ3v) is 5.23. The molecule has 1 aromatic heterocycles. The highest BCUT2D eigenvalue weighted by Crippen LogP contribution is 2.22. The second-order valence-electron chi connectivity index (χ2n) is 7.34. The fourth-order valence-electron chi connectivity index (χ4n) is 3.61. The maximum Gasteiger partial charge on any atom is 0.255 e. The third kappa shape index (κ3) is 4.52. The fraction of sp³-hybridized carbons (Fsp3) is 0.632. The minimum Gasteiger partial charge on any atom is -0.394 e. The maximum absolute atomic E-state index is 12.7. The van der Waals surface area contributed by atoms with Gasteiger partial charge in [-0.1, -0.05) is 0 Å². The molecular weight excluding hydrogens is 332 g/mol. The molecule has 0 saturated carbocycles. The lowest BCUT2D eigenvalue weighted by Gasteiger charge is -2.34. The lowest BCUT2D eigenvalue weighted by molar-refractivity contribution is -0.128. The molecule has 2 amide bonds. The standard InChI is InChI=1S/C19H28N4O3/c1-14(13-24)21-17-5-4-16(11-20-17)19(26)22-9-6-15(7-10-22)12-23-8-2-3-18(23)25/h4-5,11,14-15,24H,2-3,6-10,12-13H2,1H3,(H,20,21). The van der Waals surface area contributed by atoms with E-state index in [1.807, 2.05) is 16.7 Å². The van der Waals surface area contributed by atoms with Crippen LogP contribution < -0.4 is 5.32 Å². The van der Waals surface area contributed by atoms with Crippen LogP contribution in [0.4, 0.5) is 5.82 Å². The lowest BCUT2D eigenvalue weighted by Crippen LogP contribution is -2.41. The van der Waals surface area contributed by atoms with Crippen molar-refractivity contribution in [2.45, 2.75) is 38.6 Å². The number of carbonyl (C=O) groups excluding carboxylic acids is 2. The molecule has 142 valence electrons. The largest absolute Gasteiger partial charge is 0.394 e. The average molecular weight is 360 g/mol. The predicted molar refractivity (Wildman–Crippen MR) is 98.8 cm³/mol. The summed E-state index contributed by atoms with van der Waals surface area (Å²) in [4.78, 5) is 32.5. The molecule has 0 aliphatic carbocycles. The van der Waals surface area contributed by atoms with Crippen LogP contribution in [0.1, 0.15) is 43.0 Å². The molecule has 1 unspecified atom stereocenters. The highest BCUT2D eigenvalue weighted by molar-refractivity contribution is 5.94. The number of anilines is 1. The molecule has 26 heavy (non-hydrogen) atoms. The summed E-state index contributed by atoms with van der Waals surface area (Å²) < 4.78 is 0. The molecule has 2 aliphatic heterocycles. The summed E-state index contributed by atoms with van der Waals surface area (Å²) in [6, 6.07) is 3.47. The number of aliphatic hydroxyl groups is 1. The van der Waals surface area contributed by atoms with Crippen molar-refractivity contribution in [1.29, 1.82) is 0 Å². The molecule has 1 atom stereocenters. The Hall–Kier alpha value is -2.15. The molecule has 0 bridgehead atoms. The highest BCUT2D eigenvalue weighted by atomic mass is 16.3. The molecule has 7 nitrogen and oxygen atoms in total. The molecule has 2 aliphatic rings. The van der Waals surface area contributed by atoms with Crippen LogP contribution in [0.25, 0.3) is 0 Å². The number of likely N-dealkylation sites (tertiary alicyclic amines) is 2. The van der Waals surface area contributed by atoms with E-state index in [1.165, 1.54) is 0 Å². The zero-order chi connectivity index (χ0) is 18.5. The molecule has 3 rings (SSSR count). The molecule has 2 fully saturated rings. The Bertz CT molecular complexity index is 626. The quantitative estimate of drug-likeness (QED) is 0.800. The van der Waals surface area contributed by atoms with Crippen LogP contribution in [0.2, 0.25) is 0 Å². The first-order valence-corrected chi connectivity index (χ1v) is 9.47. The van der Waals surface area contributed by atoms with Crippen molar-refractivity contribution >= 4 is 17.6 Å². The summed E-state index contributed by atoms with van der Waals surface area (Å²) >= 11 is 0. The SMILES string of the molecule is CC(CO)Nc1ccc(C(=O)N2CCC(CN3CCCC3=O)CC2)cn1. The Balaban J connectivity index is 1.49. The van der Waals surface area contributed by atoms with E-state index in [-0.39, 0.29) is 24.5 Å². The molecule has 2 N–H and O–H groups in total. The smallest absolute Gasteiger partial charge is 0.255 e. The molecule has 2 saturated heterocycles. The van der Waals surface area contributed by atoms with Crippen LogP contribution in [-0.4, -0.2) is 70.5 Å². The van der Waals surface area contributed by atoms with Gasteiger partial charge in [-0.05, 0) is 44.2 Å². The maximum atomic E-state index is 12.7. The third-order valence-electron chi connectivity index (χ3n) is 5.23. The molecular formula is C19H28N4O3. The minimum absolute atomic E-state index is 0.00922. The van der Waals surface area contributed by atoms with Gasteiger partial charge in [0.2, 0.25) is 5.91 Å². The second-order valence-corrected chi connectivity index (χ2v) is 7.34. The second kappa shape index (κ2) is 8.49. The first kappa shape index (κ1) is 18.6. The highest BCUT2D eigenvalue weighted by Gasteiger charge is 2.28. The van der Waals surface area contributed by atoms with E-state index in [9.17, 15) is 9.59 Å². The summed E-state index contributed by atoms with van der Waals surface area (Å²) in [7, 11) is 0. The van der Waals surface area contributed by atoms with Crippen molar-refractivity contribution in [1.82, 2.24) is 14.8 Å². The summed E-state index contributed by atoms with van der Waals surface area (Å²) in [5.41, 5.74) is 0.584. The number of rotatable bonds is 6. The fourth-order valence-corrected chi connectivity index (χ4v) is 3.61. The number of amides is 2. The Kier molecular flexibility index (Phi) is 6.08. The van der Waals surface area contributed by atoms with Crippen molar-refractivity contribution in [3.05, 3.63) is 23.9 Å². The Morgan fingerprint density at radius 3 is 2.69 bits per heavy atom. The summed E-state index contributed by atoms with van der Waals surface area (Å²) in [6.45, 7) is 5.08. The topological polar surface area (TPSA) is 85.8 Å². The number of nitrogens with zero attached hydrogens (tertiary/aromatic N) is 3. The first-order valence-electron chi connectivity index (χ1n) is 9.47. The molecule has 0 spiro atoms. The van der Waals surface area contributed by atoms with Gasteiger partial charge in [-0.25, -0.2) is 4.98 Å². The predicted octanol–water partition coefficient (Wildman–Crippen LogP) is 1.35. The summed E-state index contributed by atoms with van der Waals surface area (Å²) in [6.07, 6.45) is 5.13. The Morgan fingerprint density at radius 1 is 1.35 bits per heavy atom. The van der Waals surface area contributed by atoms with E-state index in [2.05, 4.69) is 10.3 Å². The number of aromatic nitrogens is 1. The van der Waals surface area contributed by atoms with Crippen LogP contribution in [0.15, 0.2) is 18.3 Å². The van der Waals surface area contributed by atoms with E-state index in [0.29, 0.717) is 23.7 Å². The monoisotopic (exact) mass is 360 g/mol. The van der Waals surface area contributed by atoms with Gasteiger partial charge >= 0.3 is 0 Å². The van der Waals surface area contributed by atoms with Gasteiger partial charge in [0.1, 0.15) is 5.82 Å². The normalized spacial score (nSPS) is 19.7. The number of piperidine rings is 1. The molecule has 0 radical (unpaired) electrons. The van der Waals surface area contributed by atoms with Gasteiger partial charge in [0.25, 0.3) is 5.91 Å². The van der Waals surface area contributed by atoms with Crippen molar-refractivity contribution in [2.24, 2.45) is 5.92 Å². The number of carbonyl (C=O) groups is 2. The number of aliphatic hydroxyl groups excluding tert-OH is 1. The van der Waals surface area contributed by atoms with Crippen molar-refractivity contribution in [3.8, 4) is 0 Å². The van der Waals surface area contributed by atoms with Gasteiger partial charge in [-0.2, -0.15) is 0 Å². The van der Waals surface area contributed by atoms with E-state index >= 15 is 0 Å². The summed E-state index contributed by atoms with van der Waals surface area (Å²) in [5.74, 6) is 1.43. The van der Waals surface area contributed by atoms with Gasteiger partial charge in [-0.3, -0.25) is 9.59 Å². The van der Waals surface area contributed by atoms with Crippen molar-refractivity contribution in [3.63, 3.8) is 0 Å². The van der Waals surface area contributed by atoms with Crippen molar-refractivity contribution in [2.75, 3.05) is 38.1 Å². The van der Waals surface area contributed by atoms with Crippen LogP contribution in [-0.2, 0) is 4.79 Å². The molecule has 0 aromatic carbocycles. The van der Waals surface area contributed by atoms with Gasteiger partial charge in [0, 0.05) is 44.8 Å². The zero-order valence-corrected chi connectivity index (χ0v) is 15.4. The van der Waals surface area contributed by atoms with Crippen LogP contribution >= 0.6 is 0 Å². The van der Waals surface area contributed by atoms with Crippen molar-refractivity contribution < 1.29 is 14.7 Å². The number of hydrogen-bond donors (Lipinski definition) is 2.